The van der Waals surface area contributed by atoms with Crippen LogP contribution in [0, 0.1) is 17.6 Å². The Balaban J connectivity index is 2.21. The van der Waals surface area contributed by atoms with Gasteiger partial charge in [-0.1, -0.05) is 6.42 Å². The number of alkyl halides is 1. The highest BCUT2D eigenvalue weighted by Gasteiger charge is 2.29. The fourth-order valence-corrected chi connectivity index (χ4v) is 3.03. The zero-order valence-electron chi connectivity index (χ0n) is 10.7. The Labute approximate surface area is 115 Å². The quantitative estimate of drug-likeness (QED) is 0.763. The van der Waals surface area contributed by atoms with Crippen molar-refractivity contribution < 1.29 is 8.78 Å². The number of hydrogen-bond acceptors (Lipinski definition) is 1. The molecule has 19 heavy (non-hydrogen) atoms. The molecule has 0 amide bonds. The summed E-state index contributed by atoms with van der Waals surface area (Å²) in [6.45, 7) is 2.03. The summed E-state index contributed by atoms with van der Waals surface area (Å²) in [6.07, 6.45) is 3.45. The van der Waals surface area contributed by atoms with Crippen molar-refractivity contribution in [2.45, 2.75) is 38.1 Å². The standard InChI is InChI=1S/C14H15ClF2N2/c1-8(9-3-2-4-9)19-12(7-15)18-11-6-5-10(16)13(17)14(11)19/h5-6,8-9H,2-4,7H2,1H3. The third-order valence-electron chi connectivity index (χ3n) is 4.18. The molecule has 0 radical (unpaired) electrons. The van der Waals surface area contributed by atoms with Gasteiger partial charge in [-0.05, 0) is 37.8 Å². The van der Waals surface area contributed by atoms with E-state index in [4.69, 9.17) is 11.6 Å². The SMILES string of the molecule is CC(C1CCC1)n1c(CCl)nc2ccc(F)c(F)c21. The number of halogens is 3. The van der Waals surface area contributed by atoms with Gasteiger partial charge in [-0.15, -0.1) is 11.6 Å². The van der Waals surface area contributed by atoms with Gasteiger partial charge in [-0.2, -0.15) is 0 Å². The molecule has 0 bridgehead atoms. The zero-order chi connectivity index (χ0) is 13.6. The second-order valence-corrected chi connectivity index (χ2v) is 5.46. The van der Waals surface area contributed by atoms with E-state index < -0.39 is 11.6 Å². The Bertz CT molecular complexity index is 619. The number of aromatic nitrogens is 2. The summed E-state index contributed by atoms with van der Waals surface area (Å²) in [5, 5.41) is 0. The Hall–Kier alpha value is -1.16. The third-order valence-corrected chi connectivity index (χ3v) is 4.41. The lowest BCUT2D eigenvalue weighted by Gasteiger charge is -2.33. The van der Waals surface area contributed by atoms with Gasteiger partial charge in [0.25, 0.3) is 0 Å². The molecule has 0 aliphatic heterocycles. The molecule has 3 rings (SSSR count). The Morgan fingerprint density at radius 2 is 2.16 bits per heavy atom. The topological polar surface area (TPSA) is 17.8 Å². The van der Waals surface area contributed by atoms with E-state index in [0.717, 1.165) is 18.9 Å². The van der Waals surface area contributed by atoms with Gasteiger partial charge < -0.3 is 4.57 Å². The minimum absolute atomic E-state index is 0.101. The van der Waals surface area contributed by atoms with Crippen LogP contribution in [0.3, 0.4) is 0 Å². The van der Waals surface area contributed by atoms with Gasteiger partial charge in [-0.3, -0.25) is 0 Å². The fourth-order valence-electron chi connectivity index (χ4n) is 2.84. The number of rotatable bonds is 3. The molecule has 1 atom stereocenters. The van der Waals surface area contributed by atoms with Crippen LogP contribution in [-0.2, 0) is 5.88 Å². The molecule has 0 N–H and O–H groups in total. The maximum atomic E-state index is 14.1. The third kappa shape index (κ3) is 1.93. The maximum absolute atomic E-state index is 14.1. The first-order chi connectivity index (χ1) is 9.13. The Morgan fingerprint density at radius 1 is 1.42 bits per heavy atom. The van der Waals surface area contributed by atoms with Crippen molar-refractivity contribution in [1.82, 2.24) is 9.55 Å². The van der Waals surface area contributed by atoms with Crippen LogP contribution in [0.25, 0.3) is 11.0 Å². The average molecular weight is 285 g/mol. The van der Waals surface area contributed by atoms with Crippen LogP contribution in [-0.4, -0.2) is 9.55 Å². The van der Waals surface area contributed by atoms with Crippen LogP contribution in [0.15, 0.2) is 12.1 Å². The molecule has 102 valence electrons. The number of fused-ring (bicyclic) bond motifs is 1. The average Bonchev–Trinajstić information content (AvgIpc) is 2.71. The normalized spacial score (nSPS) is 17.7. The number of nitrogens with zero attached hydrogens (tertiary/aromatic N) is 2. The summed E-state index contributed by atoms with van der Waals surface area (Å²) < 4.78 is 29.3. The lowest BCUT2D eigenvalue weighted by molar-refractivity contribution is 0.223. The molecule has 2 aromatic rings. The molecule has 1 unspecified atom stereocenters. The molecular weight excluding hydrogens is 270 g/mol. The molecule has 0 saturated heterocycles. The van der Waals surface area contributed by atoms with Gasteiger partial charge in [0.1, 0.15) is 11.3 Å². The van der Waals surface area contributed by atoms with Crippen molar-refractivity contribution in [2.75, 3.05) is 0 Å². The number of hydrogen-bond donors (Lipinski definition) is 0. The van der Waals surface area contributed by atoms with E-state index in [1.165, 1.54) is 12.5 Å². The van der Waals surface area contributed by atoms with Crippen LogP contribution in [0.2, 0.25) is 0 Å². The molecule has 1 aliphatic carbocycles. The highest BCUT2D eigenvalue weighted by molar-refractivity contribution is 6.16. The maximum Gasteiger partial charge on any atom is 0.184 e. The van der Waals surface area contributed by atoms with Crippen molar-refractivity contribution in [3.63, 3.8) is 0 Å². The molecule has 1 aromatic carbocycles. The molecule has 1 saturated carbocycles. The van der Waals surface area contributed by atoms with Crippen molar-refractivity contribution in [3.8, 4) is 0 Å². The van der Waals surface area contributed by atoms with Gasteiger partial charge in [0.2, 0.25) is 0 Å². The first-order valence-electron chi connectivity index (χ1n) is 6.54. The van der Waals surface area contributed by atoms with E-state index in [9.17, 15) is 8.78 Å². The van der Waals surface area contributed by atoms with Gasteiger partial charge in [0.15, 0.2) is 11.6 Å². The van der Waals surface area contributed by atoms with Crippen molar-refractivity contribution in [3.05, 3.63) is 29.6 Å². The minimum atomic E-state index is -0.837. The molecule has 0 spiro atoms. The largest absolute Gasteiger partial charge is 0.321 e. The van der Waals surface area contributed by atoms with E-state index in [0.29, 0.717) is 17.3 Å². The number of benzene rings is 1. The van der Waals surface area contributed by atoms with E-state index >= 15 is 0 Å². The van der Waals surface area contributed by atoms with E-state index in [1.807, 2.05) is 6.92 Å². The second kappa shape index (κ2) is 4.75. The molecule has 1 aromatic heterocycles. The summed E-state index contributed by atoms with van der Waals surface area (Å²) in [5.74, 6) is -0.349. The lowest BCUT2D eigenvalue weighted by atomic mass is 9.80. The lowest BCUT2D eigenvalue weighted by Crippen LogP contribution is -2.24. The van der Waals surface area contributed by atoms with Crippen LogP contribution in [0.5, 0.6) is 0 Å². The number of imidazole rings is 1. The predicted molar refractivity (Wildman–Crippen MR) is 71.3 cm³/mol. The molecular formula is C14H15ClF2N2. The summed E-state index contributed by atoms with van der Waals surface area (Å²) in [7, 11) is 0. The summed E-state index contributed by atoms with van der Waals surface area (Å²) >= 11 is 5.91. The molecule has 2 nitrogen and oxygen atoms in total. The monoisotopic (exact) mass is 284 g/mol. The zero-order valence-corrected chi connectivity index (χ0v) is 11.4. The highest BCUT2D eigenvalue weighted by atomic mass is 35.5. The van der Waals surface area contributed by atoms with E-state index in [1.54, 1.807) is 4.57 Å². The van der Waals surface area contributed by atoms with Crippen LogP contribution >= 0.6 is 11.6 Å². The smallest absolute Gasteiger partial charge is 0.184 e. The summed E-state index contributed by atoms with van der Waals surface area (Å²) in [6, 6.07) is 2.72. The molecule has 1 fully saturated rings. The highest BCUT2D eigenvalue weighted by Crippen LogP contribution is 2.39. The van der Waals surface area contributed by atoms with Crippen molar-refractivity contribution >= 4 is 22.6 Å². The fraction of sp³-hybridized carbons (Fsp3) is 0.500. The summed E-state index contributed by atoms with van der Waals surface area (Å²) in [4.78, 5) is 4.32. The summed E-state index contributed by atoms with van der Waals surface area (Å²) in [5.41, 5.74) is 0.718. The molecule has 1 aliphatic rings. The van der Waals surface area contributed by atoms with Gasteiger partial charge in [0, 0.05) is 6.04 Å². The van der Waals surface area contributed by atoms with Crippen molar-refractivity contribution in [1.29, 1.82) is 0 Å². The van der Waals surface area contributed by atoms with Gasteiger partial charge >= 0.3 is 0 Å². The predicted octanol–water partition coefficient (Wildman–Crippen LogP) is 4.41. The first-order valence-corrected chi connectivity index (χ1v) is 7.07. The van der Waals surface area contributed by atoms with Crippen LogP contribution in [0.4, 0.5) is 8.78 Å². The second-order valence-electron chi connectivity index (χ2n) is 5.19. The van der Waals surface area contributed by atoms with Gasteiger partial charge in [0.05, 0.1) is 11.4 Å². The van der Waals surface area contributed by atoms with E-state index in [2.05, 4.69) is 4.98 Å². The molecule has 5 heteroatoms. The van der Waals surface area contributed by atoms with Gasteiger partial charge in [-0.25, -0.2) is 13.8 Å². The van der Waals surface area contributed by atoms with Crippen LogP contribution < -0.4 is 0 Å². The van der Waals surface area contributed by atoms with E-state index in [-0.39, 0.29) is 17.4 Å². The first kappa shape index (κ1) is 12.9. The minimum Gasteiger partial charge on any atom is -0.321 e. The molecule has 1 heterocycles. The Kier molecular flexibility index (Phi) is 3.21. The Morgan fingerprint density at radius 3 is 2.74 bits per heavy atom. The van der Waals surface area contributed by atoms with Crippen LogP contribution in [0.1, 0.15) is 38.1 Å². The van der Waals surface area contributed by atoms with Crippen molar-refractivity contribution in [2.24, 2.45) is 5.92 Å².